The molecule has 0 saturated heterocycles. The van der Waals surface area contributed by atoms with Crippen molar-refractivity contribution in [3.63, 3.8) is 0 Å². The van der Waals surface area contributed by atoms with Crippen LogP contribution in [0, 0.1) is 0 Å². The van der Waals surface area contributed by atoms with E-state index < -0.39 is 0 Å². The second kappa shape index (κ2) is 7.87. The number of ketones is 1. The van der Waals surface area contributed by atoms with Gasteiger partial charge < -0.3 is 4.42 Å². The van der Waals surface area contributed by atoms with E-state index in [1.54, 1.807) is 43.4 Å². The van der Waals surface area contributed by atoms with E-state index in [1.807, 2.05) is 0 Å². The Balaban J connectivity index is 0.000000399. The summed E-state index contributed by atoms with van der Waals surface area (Å²) in [5, 5.41) is 2.14. The zero-order chi connectivity index (χ0) is 14.1. The summed E-state index contributed by atoms with van der Waals surface area (Å²) in [6.07, 6.45) is 2.09. The van der Waals surface area contributed by atoms with E-state index in [-0.39, 0.29) is 11.5 Å². The van der Waals surface area contributed by atoms with Crippen LogP contribution in [0.5, 0.6) is 0 Å². The molecule has 19 heavy (non-hydrogen) atoms. The lowest BCUT2D eigenvalue weighted by Crippen LogP contribution is -2.03. The monoisotopic (exact) mass is 273 g/mol. The van der Waals surface area contributed by atoms with E-state index in [4.69, 9.17) is 4.42 Å². The molecule has 2 aromatic rings. The molecule has 0 aliphatic carbocycles. The second-order valence-corrected chi connectivity index (χ2v) is 3.51. The molecule has 4 nitrogen and oxygen atoms in total. The normalized spacial score (nSPS) is 8.68. The maximum Gasteiger partial charge on any atom is 0.228 e. The van der Waals surface area contributed by atoms with Gasteiger partial charge in [0.25, 0.3) is 0 Å². The molecule has 0 N–H and O–H groups in total. The van der Waals surface area contributed by atoms with Gasteiger partial charge in [0.2, 0.25) is 5.78 Å². The first-order chi connectivity index (χ1) is 9.24. The predicted octanol–water partition coefficient (Wildman–Crippen LogP) is 3.04. The molecule has 1 heterocycles. The number of aldehydes is 1. The van der Waals surface area contributed by atoms with Crippen LogP contribution in [0.25, 0.3) is 0 Å². The van der Waals surface area contributed by atoms with Crippen molar-refractivity contribution in [1.82, 2.24) is 0 Å². The van der Waals surface area contributed by atoms with Gasteiger partial charge in [-0.25, -0.2) is 4.99 Å². The summed E-state index contributed by atoms with van der Waals surface area (Å²) in [4.78, 5) is 25.9. The van der Waals surface area contributed by atoms with E-state index in [0.717, 1.165) is 0 Å². The van der Waals surface area contributed by atoms with Gasteiger partial charge in [0.05, 0.1) is 11.4 Å². The summed E-state index contributed by atoms with van der Waals surface area (Å²) in [5.74, 6) is -0.0352. The second-order valence-electron chi connectivity index (χ2n) is 3.33. The number of hydrogen-bond donors (Lipinski definition) is 0. The molecule has 0 unspecified atom stereocenters. The maximum absolute atomic E-state index is 11.8. The summed E-state index contributed by atoms with van der Waals surface area (Å²) in [7, 11) is 1.59. The molecule has 1 aromatic heterocycles. The minimum atomic E-state index is -0.275. The molecular weight excluding hydrogens is 262 g/mol. The molecule has 96 valence electrons. The predicted molar refractivity (Wildman–Crippen MR) is 74.9 cm³/mol. The van der Waals surface area contributed by atoms with Gasteiger partial charge in [-0.15, -0.1) is 0 Å². The molecule has 0 atom stereocenters. The summed E-state index contributed by atoms with van der Waals surface area (Å²) < 4.78 is 4.98. The number of benzene rings is 1. The van der Waals surface area contributed by atoms with Crippen LogP contribution in [0.15, 0.2) is 52.1 Å². The first-order valence-corrected chi connectivity index (χ1v) is 5.73. The minimum Gasteiger partial charge on any atom is -0.461 e. The number of isothiocyanates is 1. The third-order valence-corrected chi connectivity index (χ3v) is 2.35. The molecule has 0 aliphatic heterocycles. The summed E-state index contributed by atoms with van der Waals surface area (Å²) in [6.45, 7) is 0. The Kier molecular flexibility index (Phi) is 6.09. The highest BCUT2D eigenvalue weighted by atomic mass is 32.1. The van der Waals surface area contributed by atoms with Crippen LogP contribution in [0.1, 0.15) is 26.5 Å². The van der Waals surface area contributed by atoms with Crippen molar-refractivity contribution in [3.05, 3.63) is 59.5 Å². The molecule has 5 heteroatoms. The summed E-state index contributed by atoms with van der Waals surface area (Å²) in [5.41, 5.74) is 0.737. The highest BCUT2D eigenvalue weighted by Gasteiger charge is 2.14. The summed E-state index contributed by atoms with van der Waals surface area (Å²) >= 11 is 4.14. The standard InChI is InChI=1S/C12H8O3.C2H3NS/c13-8-9-4-1-2-5-10(9)12(14)11-6-3-7-15-11;1-3-2-4/h1-8H;1H3. The molecule has 0 radical (unpaired) electrons. The number of carbonyl (C=O) groups excluding carboxylic acids is 2. The Morgan fingerprint density at radius 3 is 2.53 bits per heavy atom. The zero-order valence-corrected chi connectivity index (χ0v) is 11.0. The number of hydrogen-bond acceptors (Lipinski definition) is 5. The van der Waals surface area contributed by atoms with Crippen molar-refractivity contribution in [2.24, 2.45) is 4.99 Å². The van der Waals surface area contributed by atoms with Gasteiger partial charge in [-0.2, -0.15) is 0 Å². The lowest BCUT2D eigenvalue weighted by Gasteiger charge is -2.00. The van der Waals surface area contributed by atoms with E-state index in [2.05, 4.69) is 22.4 Å². The topological polar surface area (TPSA) is 59.6 Å². The molecule has 0 spiro atoms. The van der Waals surface area contributed by atoms with Crippen molar-refractivity contribution in [2.45, 2.75) is 0 Å². The van der Waals surface area contributed by atoms with Crippen LogP contribution in [0.4, 0.5) is 0 Å². The van der Waals surface area contributed by atoms with Crippen LogP contribution in [-0.2, 0) is 0 Å². The fourth-order valence-electron chi connectivity index (χ4n) is 1.35. The van der Waals surface area contributed by atoms with Crippen LogP contribution in [0.3, 0.4) is 0 Å². The summed E-state index contributed by atoms with van der Waals surface area (Å²) in [6, 6.07) is 9.84. The number of aliphatic imine (C=N–C) groups is 1. The Morgan fingerprint density at radius 2 is 2.00 bits per heavy atom. The van der Waals surface area contributed by atoms with Crippen LogP contribution in [0.2, 0.25) is 0 Å². The van der Waals surface area contributed by atoms with Gasteiger partial charge in [0.15, 0.2) is 12.0 Å². The fourth-order valence-corrected chi connectivity index (χ4v) is 1.35. The lowest BCUT2D eigenvalue weighted by atomic mass is 10.0. The Labute approximate surface area is 115 Å². The molecule has 0 bridgehead atoms. The molecule has 0 aliphatic rings. The number of thiocarbonyl (C=S) groups is 1. The van der Waals surface area contributed by atoms with Crippen LogP contribution < -0.4 is 0 Å². The van der Waals surface area contributed by atoms with E-state index in [1.165, 1.54) is 6.26 Å². The van der Waals surface area contributed by atoms with E-state index in [9.17, 15) is 9.59 Å². The molecule has 1 aromatic carbocycles. The number of nitrogens with zero attached hydrogens (tertiary/aromatic N) is 1. The molecular formula is C14H11NO3S. The van der Waals surface area contributed by atoms with Gasteiger partial charge in [-0.05, 0) is 24.4 Å². The average molecular weight is 273 g/mol. The SMILES string of the molecule is CN=C=S.O=Cc1ccccc1C(=O)c1ccco1. The van der Waals surface area contributed by atoms with Crippen molar-refractivity contribution >= 4 is 29.4 Å². The number of rotatable bonds is 3. The highest BCUT2D eigenvalue weighted by Crippen LogP contribution is 2.13. The van der Waals surface area contributed by atoms with Gasteiger partial charge in [0, 0.05) is 18.2 Å². The largest absolute Gasteiger partial charge is 0.461 e. The van der Waals surface area contributed by atoms with Crippen molar-refractivity contribution in [3.8, 4) is 0 Å². The average Bonchev–Trinajstić information content (AvgIpc) is 3.01. The third-order valence-electron chi connectivity index (χ3n) is 2.17. The Hall–Kier alpha value is -2.36. The van der Waals surface area contributed by atoms with Crippen molar-refractivity contribution in [1.29, 1.82) is 0 Å². The minimum absolute atomic E-state index is 0.240. The van der Waals surface area contributed by atoms with Gasteiger partial charge in [-0.3, -0.25) is 9.59 Å². The highest BCUT2D eigenvalue weighted by molar-refractivity contribution is 7.78. The quantitative estimate of drug-likeness (QED) is 0.373. The first-order valence-electron chi connectivity index (χ1n) is 5.33. The fraction of sp³-hybridized carbons (Fsp3) is 0.0714. The number of carbonyl (C=O) groups is 2. The number of furan rings is 1. The van der Waals surface area contributed by atoms with Crippen LogP contribution in [-0.4, -0.2) is 24.3 Å². The molecule has 2 rings (SSSR count). The van der Waals surface area contributed by atoms with Crippen molar-refractivity contribution in [2.75, 3.05) is 7.05 Å². The third kappa shape index (κ3) is 4.10. The maximum atomic E-state index is 11.8. The molecule has 0 fully saturated rings. The zero-order valence-electron chi connectivity index (χ0n) is 10.2. The van der Waals surface area contributed by atoms with Gasteiger partial charge >= 0.3 is 0 Å². The van der Waals surface area contributed by atoms with Crippen LogP contribution >= 0.6 is 12.2 Å². The first kappa shape index (κ1) is 14.7. The Bertz CT molecular complexity index is 599. The van der Waals surface area contributed by atoms with E-state index in [0.29, 0.717) is 17.4 Å². The van der Waals surface area contributed by atoms with Crippen molar-refractivity contribution < 1.29 is 14.0 Å². The van der Waals surface area contributed by atoms with Gasteiger partial charge in [0.1, 0.15) is 0 Å². The molecule has 0 amide bonds. The Morgan fingerprint density at radius 1 is 1.32 bits per heavy atom. The lowest BCUT2D eigenvalue weighted by molar-refractivity contribution is 0.100. The van der Waals surface area contributed by atoms with E-state index >= 15 is 0 Å². The smallest absolute Gasteiger partial charge is 0.228 e. The van der Waals surface area contributed by atoms with Gasteiger partial charge in [-0.1, -0.05) is 24.3 Å². The molecule has 0 saturated carbocycles.